The van der Waals surface area contributed by atoms with Crippen molar-refractivity contribution >= 4 is 40.9 Å². The van der Waals surface area contributed by atoms with E-state index in [9.17, 15) is 19.5 Å². The van der Waals surface area contributed by atoms with Crippen LogP contribution in [0.5, 0.6) is 23.0 Å². The molecule has 4 aromatic rings. The number of carbonyl (C=O) groups is 3. The Labute approximate surface area is 304 Å². The molecule has 2 N–H and O–H groups in total. The maximum atomic E-state index is 13.2. The van der Waals surface area contributed by atoms with Gasteiger partial charge < -0.3 is 34.3 Å². The summed E-state index contributed by atoms with van der Waals surface area (Å²) in [5.41, 5.74) is 2.07. The maximum Gasteiger partial charge on any atom is 0.352 e. The molecule has 264 valence electrons. The molecule has 10 nitrogen and oxygen atoms in total. The number of fused-ring (bicyclic) bond motifs is 6. The summed E-state index contributed by atoms with van der Waals surface area (Å²) in [5, 5.41) is 15.0. The predicted molar refractivity (Wildman–Crippen MR) is 195 cm³/mol. The number of hydrogen-bond acceptors (Lipinski definition) is 10. The zero-order chi connectivity index (χ0) is 35.7. The molecule has 3 aliphatic heterocycles. The number of ether oxygens (including phenoxy) is 4. The Morgan fingerprint density at radius 1 is 1.02 bits per heavy atom. The summed E-state index contributed by atoms with van der Waals surface area (Å²) >= 11 is 3.08. The van der Waals surface area contributed by atoms with E-state index in [1.54, 1.807) is 41.9 Å². The fraction of sp³-hybridized carbons (Fsp3) is 0.308. The lowest BCUT2D eigenvalue weighted by molar-refractivity contribution is -0.134. The number of rotatable bonds is 12. The number of carboxylic acids is 1. The second-order valence-corrected chi connectivity index (χ2v) is 14.8. The van der Waals surface area contributed by atoms with E-state index in [1.165, 1.54) is 11.3 Å². The Balaban J connectivity index is 1.14. The zero-order valence-corrected chi connectivity index (χ0v) is 30.1. The van der Waals surface area contributed by atoms with E-state index in [0.717, 1.165) is 23.3 Å². The number of carbonyl (C=O) groups excluding carboxylic acids is 2. The fourth-order valence-electron chi connectivity index (χ4n) is 6.90. The smallest absolute Gasteiger partial charge is 0.352 e. The summed E-state index contributed by atoms with van der Waals surface area (Å²) in [6.45, 7) is 4.58. The maximum absolute atomic E-state index is 13.2. The highest BCUT2D eigenvalue weighted by molar-refractivity contribution is 8.00. The first-order valence-corrected chi connectivity index (χ1v) is 18.8. The van der Waals surface area contributed by atoms with Gasteiger partial charge in [-0.1, -0.05) is 37.6 Å². The third-order valence-electron chi connectivity index (χ3n) is 9.27. The minimum absolute atomic E-state index is 0.0264. The third-order valence-corrected chi connectivity index (χ3v) is 11.7. The first kappa shape index (κ1) is 34.5. The predicted octanol–water partition coefficient (Wildman–Crippen LogP) is 6.96. The molecule has 7 rings (SSSR count). The molecule has 0 radical (unpaired) electrons. The number of hydrogen-bond donors (Lipinski definition) is 2. The molecule has 1 amide bonds. The molecule has 3 aliphatic rings. The van der Waals surface area contributed by atoms with E-state index in [4.69, 9.17) is 18.9 Å². The van der Waals surface area contributed by atoms with Crippen LogP contribution < -0.4 is 19.5 Å². The van der Waals surface area contributed by atoms with Crippen molar-refractivity contribution in [1.82, 2.24) is 10.2 Å². The van der Waals surface area contributed by atoms with Crippen molar-refractivity contribution in [1.29, 1.82) is 0 Å². The Bertz CT molecular complexity index is 2010. The molecule has 12 heteroatoms. The Morgan fingerprint density at radius 2 is 1.75 bits per heavy atom. The van der Waals surface area contributed by atoms with Crippen molar-refractivity contribution < 1.29 is 38.4 Å². The highest BCUT2D eigenvalue weighted by Gasteiger charge is 2.53. The summed E-state index contributed by atoms with van der Waals surface area (Å²) in [6.07, 6.45) is 2.20. The molecule has 3 atom stereocenters. The van der Waals surface area contributed by atoms with Crippen molar-refractivity contribution in [2.45, 2.75) is 50.1 Å². The van der Waals surface area contributed by atoms with Crippen LogP contribution in [-0.4, -0.2) is 65.3 Å². The van der Waals surface area contributed by atoms with Crippen molar-refractivity contribution in [2.75, 3.05) is 26.0 Å². The lowest BCUT2D eigenvalue weighted by Gasteiger charge is -2.39. The van der Waals surface area contributed by atoms with Crippen LogP contribution in [0.1, 0.15) is 58.6 Å². The molecule has 1 aromatic heterocycles. The Morgan fingerprint density at radius 3 is 2.43 bits per heavy atom. The fourth-order valence-corrected chi connectivity index (χ4v) is 8.88. The lowest BCUT2D eigenvalue weighted by Crippen LogP contribution is -2.50. The molecule has 3 aromatic carbocycles. The molecular formula is C39H38N2O8S2. The summed E-state index contributed by atoms with van der Waals surface area (Å²) in [4.78, 5) is 41.2. The zero-order valence-electron chi connectivity index (χ0n) is 28.5. The minimum Gasteiger partial charge on any atom is -0.493 e. The van der Waals surface area contributed by atoms with Crippen molar-refractivity contribution in [3.05, 3.63) is 117 Å². The van der Waals surface area contributed by atoms with Gasteiger partial charge in [-0.15, -0.1) is 23.1 Å². The van der Waals surface area contributed by atoms with Gasteiger partial charge in [0.05, 0.1) is 30.0 Å². The normalized spacial score (nSPS) is 19.4. The van der Waals surface area contributed by atoms with Gasteiger partial charge in [0.25, 0.3) is 0 Å². The lowest BCUT2D eigenvalue weighted by atomic mass is 9.77. The number of aliphatic carboxylic acids is 1. The van der Waals surface area contributed by atoms with Crippen LogP contribution >= 0.6 is 23.1 Å². The van der Waals surface area contributed by atoms with Crippen molar-refractivity contribution in [2.24, 2.45) is 0 Å². The van der Waals surface area contributed by atoms with Crippen molar-refractivity contribution in [3.8, 4) is 23.0 Å². The van der Waals surface area contributed by atoms with Gasteiger partial charge in [-0.05, 0) is 55.1 Å². The molecule has 0 saturated carbocycles. The average Bonchev–Trinajstić information content (AvgIpc) is 3.73. The monoisotopic (exact) mass is 726 g/mol. The first-order valence-electron chi connectivity index (χ1n) is 16.9. The van der Waals surface area contributed by atoms with E-state index in [0.29, 0.717) is 57.6 Å². The van der Waals surface area contributed by atoms with Crippen LogP contribution in [0.4, 0.5) is 0 Å². The number of nitrogens with one attached hydrogen (secondary N) is 1. The number of unbranched alkanes of at least 4 members (excludes halogenated alkanes) is 1. The molecule has 0 saturated heterocycles. The van der Waals surface area contributed by atoms with Crippen LogP contribution in [0.15, 0.2) is 89.4 Å². The first-order chi connectivity index (χ1) is 24.7. The average molecular weight is 727 g/mol. The van der Waals surface area contributed by atoms with E-state index in [2.05, 4.69) is 12.2 Å². The highest BCUT2D eigenvalue weighted by atomic mass is 32.2. The molecule has 3 unspecified atom stereocenters. The summed E-state index contributed by atoms with van der Waals surface area (Å²) < 4.78 is 25.0. The van der Waals surface area contributed by atoms with Gasteiger partial charge in [0, 0.05) is 52.1 Å². The van der Waals surface area contributed by atoms with Crippen LogP contribution in [0.2, 0.25) is 0 Å². The summed E-state index contributed by atoms with van der Waals surface area (Å²) in [6, 6.07) is 21.8. The number of amides is 1. The van der Waals surface area contributed by atoms with Gasteiger partial charge in [-0.2, -0.15) is 0 Å². The van der Waals surface area contributed by atoms with E-state index in [1.807, 2.05) is 66.9 Å². The quantitative estimate of drug-likeness (QED) is 0.117. The molecule has 51 heavy (non-hydrogen) atoms. The van der Waals surface area contributed by atoms with Crippen LogP contribution in [0, 0.1) is 0 Å². The largest absolute Gasteiger partial charge is 0.493 e. The second kappa shape index (κ2) is 14.4. The van der Waals surface area contributed by atoms with Gasteiger partial charge in [-0.3, -0.25) is 4.79 Å². The van der Waals surface area contributed by atoms with Gasteiger partial charge in [0.2, 0.25) is 5.91 Å². The van der Waals surface area contributed by atoms with E-state index < -0.39 is 17.5 Å². The number of carboxylic acid groups (broad SMARTS) is 1. The van der Waals surface area contributed by atoms with Crippen molar-refractivity contribution in [3.63, 3.8) is 0 Å². The number of nitrogens with zero attached hydrogens (tertiary/aromatic N) is 1. The Kier molecular flexibility index (Phi) is 9.71. The summed E-state index contributed by atoms with van der Waals surface area (Å²) in [7, 11) is 1.73. The second-order valence-electron chi connectivity index (χ2n) is 12.7. The van der Waals surface area contributed by atoms with Crippen LogP contribution in [-0.2, 0) is 26.3 Å². The highest BCUT2D eigenvalue weighted by Crippen LogP contribution is 2.57. The minimum atomic E-state index is -1.23. The van der Waals surface area contributed by atoms with E-state index in [-0.39, 0.29) is 36.0 Å². The number of esters is 1. The van der Waals surface area contributed by atoms with Crippen LogP contribution in [0.25, 0.3) is 0 Å². The topological polar surface area (TPSA) is 124 Å². The number of benzene rings is 3. The molecule has 1 spiro atoms. The van der Waals surface area contributed by atoms with Crippen LogP contribution in [0.3, 0.4) is 0 Å². The molecule has 4 heterocycles. The number of thioether (sulfide) groups is 1. The molecule has 0 bridgehead atoms. The van der Waals surface area contributed by atoms with Gasteiger partial charge in [-0.25, -0.2) is 9.59 Å². The number of thiophene rings is 1. The van der Waals surface area contributed by atoms with Gasteiger partial charge >= 0.3 is 11.9 Å². The summed E-state index contributed by atoms with van der Waals surface area (Å²) in [5.74, 6) is 0.872. The molecule has 0 aliphatic carbocycles. The van der Waals surface area contributed by atoms with Gasteiger partial charge in [0.1, 0.15) is 35.3 Å². The standard InChI is InChI=1S/C39H38N2O8S2/c1-4-5-16-46-25-12-14-30-32(18-25)48-33-19-26(13-15-31(33)39(30)29-11-7-6-10-28(29)38(45)49-39)47-21-24-22-51-36(41(3)35(24)37(43)44)23(2)40-34(42)20-27-9-8-17-50-27/h6-15,17-19,23,36H,4-5,16,20-22H2,1-3H3,(H,40,42)(H,43,44). The SMILES string of the molecule is CCCCOc1ccc2c(c1)Oc1cc(OCC3=C(C(=O)O)N(C)C(C(C)NC(=O)Cc4cccs4)SC3)ccc1C21OC(=O)c2ccccc21. The molecular weight excluding hydrogens is 689 g/mol. The number of likely N-dealkylation sites (N-methyl/N-ethyl adjacent to an activating group) is 1. The third kappa shape index (κ3) is 6.54. The molecule has 0 fully saturated rings. The van der Waals surface area contributed by atoms with Gasteiger partial charge in [0.15, 0.2) is 5.60 Å². The van der Waals surface area contributed by atoms with E-state index >= 15 is 0 Å². The Hall–Kier alpha value is -4.94.